The Morgan fingerprint density at radius 2 is 1.50 bits per heavy atom. The largest absolute Gasteiger partial charge is 0.322 e. The molecule has 4 heteroatoms. The van der Waals surface area contributed by atoms with Crippen molar-refractivity contribution in [2.45, 2.75) is 52.0 Å². The maximum atomic E-state index is 13.2. The highest BCUT2D eigenvalue weighted by molar-refractivity contribution is 5.89. The SMILES string of the molecule is CC(C)c1ccc(NC(=O)N(CCCN2CCC(Cc3ccccc3)CC2)Cc2ccccc2)cc1. The quantitative estimate of drug-likeness (QED) is 0.331. The molecule has 1 N–H and O–H groups in total. The molecule has 1 heterocycles. The van der Waals surface area contributed by atoms with Crippen molar-refractivity contribution in [2.75, 3.05) is 31.5 Å². The lowest BCUT2D eigenvalue weighted by Gasteiger charge is -2.32. The van der Waals surface area contributed by atoms with Crippen molar-refractivity contribution < 1.29 is 4.79 Å². The number of rotatable bonds is 10. The second-order valence-corrected chi connectivity index (χ2v) is 10.4. The van der Waals surface area contributed by atoms with Crippen LogP contribution in [0.25, 0.3) is 0 Å². The topological polar surface area (TPSA) is 35.6 Å². The van der Waals surface area contributed by atoms with Crippen LogP contribution in [0.5, 0.6) is 0 Å². The Kier molecular flexibility index (Phi) is 9.57. The molecule has 3 aromatic carbocycles. The van der Waals surface area contributed by atoms with E-state index in [1.807, 2.05) is 35.2 Å². The Bertz CT molecular complexity index is 1040. The fourth-order valence-corrected chi connectivity index (χ4v) is 5.06. The second kappa shape index (κ2) is 13.3. The van der Waals surface area contributed by atoms with Gasteiger partial charge in [0, 0.05) is 18.8 Å². The Morgan fingerprint density at radius 3 is 2.11 bits per heavy atom. The molecule has 0 aromatic heterocycles. The van der Waals surface area contributed by atoms with Crippen molar-refractivity contribution in [3.63, 3.8) is 0 Å². The predicted molar refractivity (Wildman–Crippen MR) is 150 cm³/mol. The van der Waals surface area contributed by atoms with E-state index in [2.05, 4.69) is 78.7 Å². The van der Waals surface area contributed by atoms with Crippen LogP contribution in [0.15, 0.2) is 84.9 Å². The van der Waals surface area contributed by atoms with Crippen LogP contribution in [0, 0.1) is 5.92 Å². The number of piperidine rings is 1. The number of hydrogen-bond donors (Lipinski definition) is 1. The molecule has 190 valence electrons. The standard InChI is InChI=1S/C32H41N3O/c1-26(2)30-14-16-31(17-15-30)33-32(36)35(25-29-12-7-4-8-13-29)21-9-20-34-22-18-28(19-23-34)24-27-10-5-3-6-11-27/h3-8,10-17,26,28H,9,18-25H2,1-2H3,(H,33,36). The van der Waals surface area contributed by atoms with Crippen molar-refractivity contribution >= 4 is 11.7 Å². The molecule has 1 saturated heterocycles. The molecule has 0 spiro atoms. The lowest BCUT2D eigenvalue weighted by atomic mass is 9.90. The van der Waals surface area contributed by atoms with Crippen LogP contribution >= 0.6 is 0 Å². The van der Waals surface area contributed by atoms with Gasteiger partial charge in [0.25, 0.3) is 0 Å². The third-order valence-corrected chi connectivity index (χ3v) is 7.31. The van der Waals surface area contributed by atoms with E-state index < -0.39 is 0 Å². The number of amides is 2. The summed E-state index contributed by atoms with van der Waals surface area (Å²) in [6, 6.07) is 29.3. The summed E-state index contributed by atoms with van der Waals surface area (Å²) in [5.74, 6) is 1.26. The minimum Gasteiger partial charge on any atom is -0.320 e. The summed E-state index contributed by atoms with van der Waals surface area (Å²) in [7, 11) is 0. The molecule has 36 heavy (non-hydrogen) atoms. The average molecular weight is 484 g/mol. The minimum atomic E-state index is -0.0299. The van der Waals surface area contributed by atoms with Crippen molar-refractivity contribution in [1.29, 1.82) is 0 Å². The summed E-state index contributed by atoms with van der Waals surface area (Å²) in [6.07, 6.45) is 4.69. The van der Waals surface area contributed by atoms with Crippen LogP contribution < -0.4 is 5.32 Å². The molecule has 3 aromatic rings. The van der Waals surface area contributed by atoms with Gasteiger partial charge in [0.2, 0.25) is 0 Å². The number of nitrogens with zero attached hydrogens (tertiary/aromatic N) is 2. The number of carbonyl (C=O) groups excluding carboxylic acids is 1. The van der Waals surface area contributed by atoms with Crippen LogP contribution in [0.4, 0.5) is 10.5 Å². The molecule has 0 saturated carbocycles. The van der Waals surface area contributed by atoms with Gasteiger partial charge in [0.15, 0.2) is 0 Å². The number of benzene rings is 3. The summed E-state index contributed by atoms with van der Waals surface area (Å²) >= 11 is 0. The van der Waals surface area contributed by atoms with E-state index >= 15 is 0 Å². The molecule has 0 atom stereocenters. The van der Waals surface area contributed by atoms with Crippen LogP contribution in [0.3, 0.4) is 0 Å². The van der Waals surface area contributed by atoms with E-state index in [4.69, 9.17) is 0 Å². The summed E-state index contributed by atoms with van der Waals surface area (Å²) in [4.78, 5) is 17.8. The first-order valence-electron chi connectivity index (χ1n) is 13.5. The van der Waals surface area contributed by atoms with Gasteiger partial charge in [0.1, 0.15) is 0 Å². The number of urea groups is 1. The predicted octanol–water partition coefficient (Wildman–Crippen LogP) is 7.19. The molecule has 0 radical (unpaired) electrons. The molecular weight excluding hydrogens is 442 g/mol. The molecule has 1 aliphatic heterocycles. The van der Waals surface area contributed by atoms with Crippen molar-refractivity contribution in [3.05, 3.63) is 102 Å². The average Bonchev–Trinajstić information content (AvgIpc) is 2.90. The van der Waals surface area contributed by atoms with Crippen LogP contribution in [0.1, 0.15) is 55.7 Å². The number of carbonyl (C=O) groups is 1. The lowest BCUT2D eigenvalue weighted by molar-refractivity contribution is 0.170. The zero-order chi connectivity index (χ0) is 25.2. The van der Waals surface area contributed by atoms with Gasteiger partial charge in [-0.25, -0.2) is 4.79 Å². The van der Waals surface area contributed by atoms with Gasteiger partial charge in [-0.2, -0.15) is 0 Å². The normalized spacial score (nSPS) is 14.6. The molecule has 1 aliphatic rings. The fraction of sp³-hybridized carbons (Fsp3) is 0.406. The van der Waals surface area contributed by atoms with E-state index in [9.17, 15) is 4.79 Å². The first kappa shape index (κ1) is 26.0. The van der Waals surface area contributed by atoms with Gasteiger partial charge in [-0.05, 0) is 86.0 Å². The summed E-state index contributed by atoms with van der Waals surface area (Å²) in [5, 5.41) is 3.12. The fourth-order valence-electron chi connectivity index (χ4n) is 5.06. The lowest BCUT2D eigenvalue weighted by Crippen LogP contribution is -2.39. The van der Waals surface area contributed by atoms with E-state index in [1.54, 1.807) is 0 Å². The number of anilines is 1. The smallest absolute Gasteiger partial charge is 0.320 e. The van der Waals surface area contributed by atoms with Gasteiger partial charge < -0.3 is 15.1 Å². The van der Waals surface area contributed by atoms with Gasteiger partial charge in [-0.15, -0.1) is 0 Å². The van der Waals surface area contributed by atoms with E-state index in [1.165, 1.54) is 30.4 Å². The molecular formula is C32H41N3O. The molecule has 4 rings (SSSR count). The molecule has 0 bridgehead atoms. The van der Waals surface area contributed by atoms with Gasteiger partial charge in [-0.1, -0.05) is 86.6 Å². The minimum absolute atomic E-state index is 0.0299. The first-order chi connectivity index (χ1) is 17.6. The number of nitrogens with one attached hydrogen (secondary N) is 1. The summed E-state index contributed by atoms with van der Waals surface area (Å²) < 4.78 is 0. The molecule has 4 nitrogen and oxygen atoms in total. The summed E-state index contributed by atoms with van der Waals surface area (Å²) in [6.45, 7) is 9.08. The van der Waals surface area contributed by atoms with Crippen molar-refractivity contribution in [2.24, 2.45) is 5.92 Å². The van der Waals surface area contributed by atoms with Crippen LogP contribution in [-0.2, 0) is 13.0 Å². The van der Waals surface area contributed by atoms with E-state index in [-0.39, 0.29) is 6.03 Å². The Labute approximate surface area is 217 Å². The second-order valence-electron chi connectivity index (χ2n) is 10.4. The van der Waals surface area contributed by atoms with Crippen LogP contribution in [-0.4, -0.2) is 42.0 Å². The Hall–Kier alpha value is -3.11. The first-order valence-corrected chi connectivity index (χ1v) is 13.5. The molecule has 1 fully saturated rings. The molecule has 2 amide bonds. The highest BCUT2D eigenvalue weighted by Crippen LogP contribution is 2.22. The van der Waals surface area contributed by atoms with Crippen LogP contribution in [0.2, 0.25) is 0 Å². The van der Waals surface area contributed by atoms with Crippen molar-refractivity contribution in [3.8, 4) is 0 Å². The number of likely N-dealkylation sites (tertiary alicyclic amines) is 1. The Balaban J connectivity index is 1.27. The van der Waals surface area contributed by atoms with E-state index in [0.717, 1.165) is 49.8 Å². The third kappa shape index (κ3) is 7.96. The highest BCUT2D eigenvalue weighted by Gasteiger charge is 2.20. The van der Waals surface area contributed by atoms with Gasteiger partial charge >= 0.3 is 6.03 Å². The zero-order valence-corrected chi connectivity index (χ0v) is 21.9. The maximum Gasteiger partial charge on any atom is 0.322 e. The third-order valence-electron chi connectivity index (χ3n) is 7.31. The van der Waals surface area contributed by atoms with Gasteiger partial charge in [0.05, 0.1) is 0 Å². The summed E-state index contributed by atoms with van der Waals surface area (Å²) in [5.41, 5.74) is 4.74. The maximum absolute atomic E-state index is 13.2. The Morgan fingerprint density at radius 1 is 0.889 bits per heavy atom. The number of hydrogen-bond acceptors (Lipinski definition) is 2. The monoisotopic (exact) mass is 483 g/mol. The molecule has 0 aliphatic carbocycles. The highest BCUT2D eigenvalue weighted by atomic mass is 16.2. The van der Waals surface area contributed by atoms with Gasteiger partial charge in [-0.3, -0.25) is 0 Å². The molecule has 0 unspecified atom stereocenters. The van der Waals surface area contributed by atoms with E-state index in [0.29, 0.717) is 12.5 Å². The zero-order valence-electron chi connectivity index (χ0n) is 21.9. The van der Waals surface area contributed by atoms with Crippen molar-refractivity contribution in [1.82, 2.24) is 9.80 Å².